The summed E-state index contributed by atoms with van der Waals surface area (Å²) >= 11 is 13.5. The zero-order valence-electron chi connectivity index (χ0n) is 15.3. The molecule has 146 valence electrons. The molecular formula is C19H18Cl2N4O2S. The highest BCUT2D eigenvalue weighted by Gasteiger charge is 2.15. The number of carbonyl (C=O) groups excluding carboxylic acids is 1. The molecule has 3 rings (SSSR count). The number of nitrogens with zero attached hydrogens (tertiary/aromatic N) is 3. The van der Waals surface area contributed by atoms with Crippen molar-refractivity contribution in [3.05, 3.63) is 52.5 Å². The molecule has 9 heteroatoms. The highest BCUT2D eigenvalue weighted by Crippen LogP contribution is 2.28. The number of anilines is 1. The summed E-state index contributed by atoms with van der Waals surface area (Å²) in [6, 6.07) is 12.5. The Bertz CT molecular complexity index is 994. The second-order valence-electron chi connectivity index (χ2n) is 5.75. The average Bonchev–Trinajstić information content (AvgIpc) is 3.09. The highest BCUT2D eigenvalue weighted by atomic mass is 35.5. The van der Waals surface area contributed by atoms with Gasteiger partial charge in [0, 0.05) is 22.8 Å². The van der Waals surface area contributed by atoms with Crippen molar-refractivity contribution in [2.24, 2.45) is 0 Å². The van der Waals surface area contributed by atoms with Gasteiger partial charge >= 0.3 is 0 Å². The van der Waals surface area contributed by atoms with Crippen LogP contribution in [-0.2, 0) is 11.3 Å². The van der Waals surface area contributed by atoms with E-state index in [4.69, 9.17) is 27.9 Å². The first-order valence-corrected chi connectivity index (χ1v) is 10.2. The van der Waals surface area contributed by atoms with Gasteiger partial charge in [0.05, 0.1) is 17.9 Å². The normalized spacial score (nSPS) is 10.7. The van der Waals surface area contributed by atoms with Gasteiger partial charge in [-0.05, 0) is 37.3 Å². The largest absolute Gasteiger partial charge is 0.495 e. The summed E-state index contributed by atoms with van der Waals surface area (Å²) in [5.74, 6) is 1.30. The Morgan fingerprint density at radius 1 is 1.21 bits per heavy atom. The number of hydrogen-bond donors (Lipinski definition) is 1. The van der Waals surface area contributed by atoms with Gasteiger partial charge in [-0.3, -0.25) is 4.79 Å². The van der Waals surface area contributed by atoms with Crippen LogP contribution in [0.15, 0.2) is 47.6 Å². The van der Waals surface area contributed by atoms with E-state index in [1.165, 1.54) is 18.9 Å². The maximum absolute atomic E-state index is 12.3. The van der Waals surface area contributed by atoms with Gasteiger partial charge in [-0.2, -0.15) is 0 Å². The summed E-state index contributed by atoms with van der Waals surface area (Å²) in [5, 5.41) is 13.0. The third-order valence-electron chi connectivity index (χ3n) is 3.88. The van der Waals surface area contributed by atoms with Crippen LogP contribution in [0.25, 0.3) is 11.4 Å². The molecule has 0 spiro atoms. The summed E-state index contributed by atoms with van der Waals surface area (Å²) in [6.07, 6.45) is 0. The van der Waals surface area contributed by atoms with Crippen molar-refractivity contribution in [3.8, 4) is 17.1 Å². The Hall–Kier alpha value is -2.22. The lowest BCUT2D eigenvalue weighted by Crippen LogP contribution is -2.14. The molecule has 2 aromatic carbocycles. The molecule has 28 heavy (non-hydrogen) atoms. The number of nitrogens with one attached hydrogen (secondary N) is 1. The monoisotopic (exact) mass is 436 g/mol. The lowest BCUT2D eigenvalue weighted by molar-refractivity contribution is -0.113. The SMILES string of the molecule is CCn1c(SCC(=O)Nc2ccc(OC)c(Cl)c2)nnc1-c1cccc(Cl)c1. The number of halogens is 2. The summed E-state index contributed by atoms with van der Waals surface area (Å²) in [6.45, 7) is 2.67. The molecule has 0 fully saturated rings. The van der Waals surface area contributed by atoms with Crippen molar-refractivity contribution < 1.29 is 9.53 Å². The van der Waals surface area contributed by atoms with E-state index >= 15 is 0 Å². The number of benzene rings is 2. The van der Waals surface area contributed by atoms with E-state index in [0.717, 1.165) is 11.4 Å². The minimum Gasteiger partial charge on any atom is -0.495 e. The maximum atomic E-state index is 12.3. The number of aromatic nitrogens is 3. The van der Waals surface area contributed by atoms with Crippen LogP contribution in [0.5, 0.6) is 5.75 Å². The fourth-order valence-electron chi connectivity index (χ4n) is 2.59. The van der Waals surface area contributed by atoms with Crippen LogP contribution in [0.4, 0.5) is 5.69 Å². The third-order valence-corrected chi connectivity index (χ3v) is 5.38. The van der Waals surface area contributed by atoms with Gasteiger partial charge in [0.1, 0.15) is 5.75 Å². The fraction of sp³-hybridized carbons (Fsp3) is 0.211. The van der Waals surface area contributed by atoms with Gasteiger partial charge in [-0.15, -0.1) is 10.2 Å². The summed E-state index contributed by atoms with van der Waals surface area (Å²) in [7, 11) is 1.54. The topological polar surface area (TPSA) is 69.0 Å². The first-order chi connectivity index (χ1) is 13.5. The van der Waals surface area contributed by atoms with E-state index in [9.17, 15) is 4.79 Å². The highest BCUT2D eigenvalue weighted by molar-refractivity contribution is 7.99. The van der Waals surface area contributed by atoms with Crippen molar-refractivity contribution in [2.75, 3.05) is 18.2 Å². The van der Waals surface area contributed by atoms with Gasteiger partial charge in [0.2, 0.25) is 5.91 Å². The van der Waals surface area contributed by atoms with Crippen molar-refractivity contribution in [3.63, 3.8) is 0 Å². The zero-order valence-corrected chi connectivity index (χ0v) is 17.6. The molecule has 3 aromatic rings. The van der Waals surface area contributed by atoms with E-state index in [-0.39, 0.29) is 11.7 Å². The number of rotatable bonds is 7. The van der Waals surface area contributed by atoms with Crippen LogP contribution in [0.1, 0.15) is 6.92 Å². The minimum absolute atomic E-state index is 0.166. The van der Waals surface area contributed by atoms with Crippen molar-refractivity contribution in [1.29, 1.82) is 0 Å². The molecule has 1 heterocycles. The Morgan fingerprint density at radius 3 is 2.71 bits per heavy atom. The van der Waals surface area contributed by atoms with Crippen molar-refractivity contribution in [2.45, 2.75) is 18.6 Å². The van der Waals surface area contributed by atoms with E-state index in [2.05, 4.69) is 15.5 Å². The van der Waals surface area contributed by atoms with Gasteiger partial charge in [0.25, 0.3) is 0 Å². The molecular weight excluding hydrogens is 419 g/mol. The first-order valence-electron chi connectivity index (χ1n) is 8.47. The van der Waals surface area contributed by atoms with Crippen LogP contribution in [0.3, 0.4) is 0 Å². The van der Waals surface area contributed by atoms with Crippen LogP contribution < -0.4 is 10.1 Å². The fourth-order valence-corrected chi connectivity index (χ4v) is 3.84. The predicted molar refractivity (Wildman–Crippen MR) is 113 cm³/mol. The standard InChI is InChI=1S/C19H18Cl2N4O2S/c1-3-25-18(12-5-4-6-13(20)9-12)23-24-19(25)28-11-17(26)22-14-7-8-16(27-2)15(21)10-14/h4-10H,3,11H2,1-2H3,(H,22,26). The lowest BCUT2D eigenvalue weighted by atomic mass is 10.2. The zero-order chi connectivity index (χ0) is 20.1. The molecule has 1 aromatic heterocycles. The lowest BCUT2D eigenvalue weighted by Gasteiger charge is -2.09. The Labute approximate surface area is 177 Å². The Kier molecular flexibility index (Phi) is 6.83. The predicted octanol–water partition coefficient (Wildman–Crippen LogP) is 5.01. The number of ether oxygens (including phenoxy) is 1. The van der Waals surface area contributed by atoms with E-state index in [1.54, 1.807) is 18.2 Å². The molecule has 0 aliphatic rings. The number of carbonyl (C=O) groups is 1. The van der Waals surface area contributed by atoms with Crippen molar-refractivity contribution in [1.82, 2.24) is 14.8 Å². The summed E-state index contributed by atoms with van der Waals surface area (Å²) < 4.78 is 7.06. The molecule has 0 radical (unpaired) electrons. The van der Waals surface area contributed by atoms with E-state index in [0.29, 0.717) is 33.2 Å². The third kappa shape index (κ3) is 4.79. The molecule has 6 nitrogen and oxygen atoms in total. The minimum atomic E-state index is -0.166. The quantitative estimate of drug-likeness (QED) is 0.527. The number of hydrogen-bond acceptors (Lipinski definition) is 5. The summed E-state index contributed by atoms with van der Waals surface area (Å²) in [4.78, 5) is 12.3. The number of amides is 1. The number of methoxy groups -OCH3 is 1. The molecule has 1 amide bonds. The van der Waals surface area contributed by atoms with Gasteiger partial charge in [0.15, 0.2) is 11.0 Å². The van der Waals surface area contributed by atoms with E-state index < -0.39 is 0 Å². The van der Waals surface area contributed by atoms with Gasteiger partial charge < -0.3 is 14.6 Å². The molecule has 0 saturated heterocycles. The Balaban J connectivity index is 1.67. The van der Waals surface area contributed by atoms with Crippen LogP contribution >= 0.6 is 35.0 Å². The second kappa shape index (κ2) is 9.32. The second-order valence-corrected chi connectivity index (χ2v) is 7.53. The number of thioether (sulfide) groups is 1. The van der Waals surface area contributed by atoms with Crippen LogP contribution in [0.2, 0.25) is 10.0 Å². The van der Waals surface area contributed by atoms with Crippen LogP contribution in [-0.4, -0.2) is 33.5 Å². The Morgan fingerprint density at radius 2 is 2.04 bits per heavy atom. The molecule has 1 N–H and O–H groups in total. The average molecular weight is 437 g/mol. The molecule has 0 saturated carbocycles. The molecule has 0 aliphatic heterocycles. The van der Waals surface area contributed by atoms with Crippen LogP contribution in [0, 0.1) is 0 Å². The summed E-state index contributed by atoms with van der Waals surface area (Å²) in [5.41, 5.74) is 1.49. The smallest absolute Gasteiger partial charge is 0.234 e. The molecule has 0 bridgehead atoms. The molecule has 0 aliphatic carbocycles. The first kappa shape index (κ1) is 20.5. The molecule has 0 atom stereocenters. The van der Waals surface area contributed by atoms with Crippen molar-refractivity contribution >= 4 is 46.6 Å². The molecule has 0 unspecified atom stereocenters. The van der Waals surface area contributed by atoms with Gasteiger partial charge in [-0.1, -0.05) is 47.1 Å². The van der Waals surface area contributed by atoms with Gasteiger partial charge in [-0.25, -0.2) is 0 Å². The van der Waals surface area contributed by atoms with E-state index in [1.807, 2.05) is 35.8 Å². The maximum Gasteiger partial charge on any atom is 0.234 e.